The highest BCUT2D eigenvalue weighted by Gasteiger charge is 2.28. The van der Waals surface area contributed by atoms with E-state index in [4.69, 9.17) is 0 Å². The lowest BCUT2D eigenvalue weighted by Gasteiger charge is -2.35. The van der Waals surface area contributed by atoms with Gasteiger partial charge in [-0.05, 0) is 65.9 Å². The van der Waals surface area contributed by atoms with Crippen molar-refractivity contribution in [3.63, 3.8) is 0 Å². The van der Waals surface area contributed by atoms with Crippen LogP contribution in [0.15, 0.2) is 53.4 Å². The Balaban J connectivity index is 1.70. The van der Waals surface area contributed by atoms with Gasteiger partial charge < -0.3 is 4.90 Å². The number of hydrogen-bond donors (Lipinski definition) is 0. The lowest BCUT2D eigenvalue weighted by Crippen LogP contribution is -2.48. The van der Waals surface area contributed by atoms with Crippen LogP contribution >= 0.6 is 22.6 Å². The van der Waals surface area contributed by atoms with Crippen LogP contribution in [0.5, 0.6) is 0 Å². The molecule has 1 saturated heterocycles. The second kappa shape index (κ2) is 6.78. The maximum absolute atomic E-state index is 12.7. The average Bonchev–Trinajstić information content (AvgIpc) is 2.56. The van der Waals surface area contributed by atoms with E-state index in [2.05, 4.69) is 58.7 Å². The standard InChI is InChI=1S/C17H19IN2O2S/c1-14-2-6-16(7-3-14)19-10-12-20(13-11-19)23(21,22)17-8-4-15(18)5-9-17/h2-9H,10-13H2,1H3. The van der Waals surface area contributed by atoms with Crippen molar-refractivity contribution in [2.45, 2.75) is 11.8 Å². The van der Waals surface area contributed by atoms with Crippen LogP contribution in [0.1, 0.15) is 5.56 Å². The number of sulfonamides is 1. The van der Waals surface area contributed by atoms with Crippen LogP contribution in [-0.4, -0.2) is 38.9 Å². The molecule has 6 heteroatoms. The molecule has 3 rings (SSSR count). The van der Waals surface area contributed by atoms with E-state index in [1.165, 1.54) is 5.56 Å². The van der Waals surface area contributed by atoms with Gasteiger partial charge in [0.05, 0.1) is 4.90 Å². The largest absolute Gasteiger partial charge is 0.369 e. The van der Waals surface area contributed by atoms with E-state index in [1.807, 2.05) is 12.1 Å². The summed E-state index contributed by atoms with van der Waals surface area (Å²) in [6, 6.07) is 15.4. The Kier molecular flexibility index (Phi) is 4.93. The molecule has 4 nitrogen and oxygen atoms in total. The lowest BCUT2D eigenvalue weighted by atomic mass is 10.2. The second-order valence-corrected chi connectivity index (χ2v) is 8.86. The zero-order valence-corrected chi connectivity index (χ0v) is 15.9. The van der Waals surface area contributed by atoms with Crippen LogP contribution in [-0.2, 0) is 10.0 Å². The molecule has 0 atom stereocenters. The molecule has 0 amide bonds. The van der Waals surface area contributed by atoms with Gasteiger partial charge in [0.25, 0.3) is 0 Å². The Labute approximate surface area is 151 Å². The van der Waals surface area contributed by atoms with Gasteiger partial charge in [-0.2, -0.15) is 4.31 Å². The third kappa shape index (κ3) is 3.70. The Morgan fingerprint density at radius 3 is 2.00 bits per heavy atom. The summed E-state index contributed by atoms with van der Waals surface area (Å²) in [6.07, 6.45) is 0. The van der Waals surface area contributed by atoms with Gasteiger partial charge in [0, 0.05) is 35.4 Å². The summed E-state index contributed by atoms with van der Waals surface area (Å²) in [4.78, 5) is 2.61. The summed E-state index contributed by atoms with van der Waals surface area (Å²) in [7, 11) is -3.39. The highest BCUT2D eigenvalue weighted by atomic mass is 127. The molecule has 0 N–H and O–H groups in total. The number of aryl methyl sites for hydroxylation is 1. The van der Waals surface area contributed by atoms with Gasteiger partial charge in [-0.1, -0.05) is 17.7 Å². The molecule has 1 fully saturated rings. The van der Waals surface area contributed by atoms with E-state index < -0.39 is 10.0 Å². The third-order valence-electron chi connectivity index (χ3n) is 4.09. The molecule has 1 aliphatic rings. The number of hydrogen-bond acceptors (Lipinski definition) is 3. The van der Waals surface area contributed by atoms with Crippen molar-refractivity contribution in [3.8, 4) is 0 Å². The van der Waals surface area contributed by atoms with Crippen molar-refractivity contribution < 1.29 is 8.42 Å². The molecule has 0 unspecified atom stereocenters. The summed E-state index contributed by atoms with van der Waals surface area (Å²) >= 11 is 2.18. The van der Waals surface area contributed by atoms with Crippen LogP contribution < -0.4 is 4.90 Å². The zero-order chi connectivity index (χ0) is 16.4. The molecule has 0 radical (unpaired) electrons. The number of anilines is 1. The fourth-order valence-corrected chi connectivity index (χ4v) is 4.48. The van der Waals surface area contributed by atoms with Crippen molar-refractivity contribution in [1.29, 1.82) is 0 Å². The SMILES string of the molecule is Cc1ccc(N2CCN(S(=O)(=O)c3ccc(I)cc3)CC2)cc1. The maximum Gasteiger partial charge on any atom is 0.243 e. The van der Waals surface area contributed by atoms with Gasteiger partial charge in [-0.25, -0.2) is 8.42 Å². The number of halogens is 1. The van der Waals surface area contributed by atoms with Gasteiger partial charge >= 0.3 is 0 Å². The molecular weight excluding hydrogens is 423 g/mol. The smallest absolute Gasteiger partial charge is 0.243 e. The molecule has 122 valence electrons. The van der Waals surface area contributed by atoms with Gasteiger partial charge in [0.15, 0.2) is 0 Å². The summed E-state index contributed by atoms with van der Waals surface area (Å²) in [5.41, 5.74) is 2.38. The molecule has 2 aromatic rings. The third-order valence-corrected chi connectivity index (χ3v) is 6.72. The van der Waals surface area contributed by atoms with Crippen molar-refractivity contribution in [2.24, 2.45) is 0 Å². The van der Waals surface area contributed by atoms with E-state index in [-0.39, 0.29) is 0 Å². The van der Waals surface area contributed by atoms with Gasteiger partial charge in [-0.3, -0.25) is 0 Å². The molecule has 23 heavy (non-hydrogen) atoms. The molecule has 1 heterocycles. The van der Waals surface area contributed by atoms with E-state index >= 15 is 0 Å². The number of benzene rings is 2. The summed E-state index contributed by atoms with van der Waals surface area (Å²) in [5, 5.41) is 0. The van der Waals surface area contributed by atoms with Gasteiger partial charge in [0.1, 0.15) is 0 Å². The topological polar surface area (TPSA) is 40.6 Å². The quantitative estimate of drug-likeness (QED) is 0.687. The first-order chi connectivity index (χ1) is 11.0. The summed E-state index contributed by atoms with van der Waals surface area (Å²) in [5.74, 6) is 0. The first-order valence-electron chi connectivity index (χ1n) is 7.54. The van der Waals surface area contributed by atoms with E-state index in [9.17, 15) is 8.42 Å². The average molecular weight is 442 g/mol. The lowest BCUT2D eigenvalue weighted by molar-refractivity contribution is 0.385. The molecule has 0 bridgehead atoms. The maximum atomic E-state index is 12.7. The molecule has 0 aromatic heterocycles. The normalized spacial score (nSPS) is 16.5. The van der Waals surface area contributed by atoms with Crippen molar-refractivity contribution in [1.82, 2.24) is 4.31 Å². The van der Waals surface area contributed by atoms with E-state index in [1.54, 1.807) is 16.4 Å². The monoisotopic (exact) mass is 442 g/mol. The van der Waals surface area contributed by atoms with E-state index in [0.717, 1.165) is 9.26 Å². The highest BCUT2D eigenvalue weighted by molar-refractivity contribution is 14.1. The Morgan fingerprint density at radius 2 is 1.43 bits per heavy atom. The minimum Gasteiger partial charge on any atom is -0.369 e. The highest BCUT2D eigenvalue weighted by Crippen LogP contribution is 2.22. The minimum atomic E-state index is -3.39. The predicted molar refractivity (Wildman–Crippen MR) is 101 cm³/mol. The Hall–Kier alpha value is -1.12. The van der Waals surface area contributed by atoms with Crippen molar-refractivity contribution in [2.75, 3.05) is 31.1 Å². The second-order valence-electron chi connectivity index (χ2n) is 5.68. The fraction of sp³-hybridized carbons (Fsp3) is 0.294. The Bertz CT molecular complexity index is 765. The fourth-order valence-electron chi connectivity index (χ4n) is 2.70. The van der Waals surface area contributed by atoms with Crippen molar-refractivity contribution in [3.05, 3.63) is 57.7 Å². The van der Waals surface area contributed by atoms with Crippen LogP contribution in [0.4, 0.5) is 5.69 Å². The minimum absolute atomic E-state index is 0.377. The van der Waals surface area contributed by atoms with Crippen molar-refractivity contribution >= 4 is 38.3 Å². The molecule has 0 aliphatic carbocycles. The first-order valence-corrected chi connectivity index (χ1v) is 10.1. The van der Waals surface area contributed by atoms with Gasteiger partial charge in [0.2, 0.25) is 10.0 Å². The summed E-state index contributed by atoms with van der Waals surface area (Å²) < 4.78 is 28.0. The van der Waals surface area contributed by atoms with Crippen LogP contribution in [0.3, 0.4) is 0 Å². The van der Waals surface area contributed by atoms with Crippen LogP contribution in [0.2, 0.25) is 0 Å². The number of piperazine rings is 1. The Morgan fingerprint density at radius 1 is 0.870 bits per heavy atom. The molecule has 0 saturated carbocycles. The van der Waals surface area contributed by atoms with E-state index in [0.29, 0.717) is 31.1 Å². The molecule has 2 aromatic carbocycles. The number of rotatable bonds is 3. The first kappa shape index (κ1) is 16.7. The van der Waals surface area contributed by atoms with Crippen LogP contribution in [0.25, 0.3) is 0 Å². The zero-order valence-electron chi connectivity index (χ0n) is 12.9. The predicted octanol–water partition coefficient (Wildman–Crippen LogP) is 3.11. The molecular formula is C17H19IN2O2S. The molecule has 0 spiro atoms. The van der Waals surface area contributed by atoms with Crippen LogP contribution in [0, 0.1) is 10.5 Å². The summed E-state index contributed by atoms with van der Waals surface area (Å²) in [6.45, 7) is 4.53. The number of nitrogens with zero attached hydrogens (tertiary/aromatic N) is 2. The van der Waals surface area contributed by atoms with Gasteiger partial charge in [-0.15, -0.1) is 0 Å². The molecule has 1 aliphatic heterocycles.